The highest BCUT2D eigenvalue weighted by atomic mass is 32.1. The number of pyridine rings is 1. The van der Waals surface area contributed by atoms with Crippen molar-refractivity contribution in [3.05, 3.63) is 90.0 Å². The van der Waals surface area contributed by atoms with Crippen molar-refractivity contribution < 1.29 is 4.79 Å². The summed E-state index contributed by atoms with van der Waals surface area (Å²) in [6, 6.07) is 17.4. The average molecular weight is 411 g/mol. The minimum Gasteiger partial charge on any atom is -0.278 e. The fourth-order valence-electron chi connectivity index (χ4n) is 3.29. The lowest BCUT2D eigenvalue weighted by atomic mass is 10.2. The highest BCUT2D eigenvalue weighted by Gasteiger charge is 2.24. The third-order valence-electron chi connectivity index (χ3n) is 4.82. The Morgan fingerprint density at radius 1 is 0.967 bits per heavy atom. The molecule has 0 aliphatic carbocycles. The van der Waals surface area contributed by atoms with E-state index >= 15 is 0 Å². The summed E-state index contributed by atoms with van der Waals surface area (Å²) in [5, 5.41) is 0.628. The fourth-order valence-corrected chi connectivity index (χ4v) is 4.33. The zero-order chi connectivity index (χ0) is 20.5. The highest BCUT2D eigenvalue weighted by molar-refractivity contribution is 7.22. The van der Waals surface area contributed by atoms with Gasteiger partial charge in [0.05, 0.1) is 34.0 Å². The van der Waals surface area contributed by atoms with Crippen molar-refractivity contribution in [3.8, 4) is 0 Å². The first-order valence-electron chi connectivity index (χ1n) is 9.48. The lowest BCUT2D eigenvalue weighted by Gasteiger charge is -2.19. The van der Waals surface area contributed by atoms with Crippen LogP contribution in [0.4, 0.5) is 5.13 Å². The Kier molecular flexibility index (Phi) is 4.65. The SMILES string of the molecule is Cc1cccc2sc(N(Cc3cccnc3)C(=O)c3cnc4ccccc4n3)nc12. The first kappa shape index (κ1) is 18.3. The van der Waals surface area contributed by atoms with Gasteiger partial charge in [-0.15, -0.1) is 0 Å². The molecule has 0 spiro atoms. The molecule has 0 aliphatic rings. The lowest BCUT2D eigenvalue weighted by molar-refractivity contribution is 0.0980. The van der Waals surface area contributed by atoms with Crippen LogP contribution in [0, 0.1) is 6.92 Å². The quantitative estimate of drug-likeness (QED) is 0.425. The molecular formula is C23H17N5OS. The summed E-state index contributed by atoms with van der Waals surface area (Å²) in [6.45, 7) is 2.37. The number of aromatic nitrogens is 4. The Morgan fingerprint density at radius 2 is 1.83 bits per heavy atom. The number of carbonyl (C=O) groups is 1. The van der Waals surface area contributed by atoms with Gasteiger partial charge in [-0.3, -0.25) is 19.7 Å². The molecule has 5 aromatic rings. The van der Waals surface area contributed by atoms with E-state index in [4.69, 9.17) is 4.98 Å². The van der Waals surface area contributed by atoms with Crippen molar-refractivity contribution in [2.45, 2.75) is 13.5 Å². The fraction of sp³-hybridized carbons (Fsp3) is 0.0870. The minimum atomic E-state index is -0.242. The molecule has 146 valence electrons. The Bertz CT molecular complexity index is 1370. The third kappa shape index (κ3) is 3.40. The maximum atomic E-state index is 13.5. The molecule has 5 rings (SSSR count). The van der Waals surface area contributed by atoms with E-state index in [9.17, 15) is 4.79 Å². The maximum Gasteiger partial charge on any atom is 0.280 e. The molecule has 1 amide bonds. The van der Waals surface area contributed by atoms with Crippen molar-refractivity contribution in [1.29, 1.82) is 0 Å². The van der Waals surface area contributed by atoms with Crippen molar-refractivity contribution in [2.24, 2.45) is 0 Å². The molecule has 0 fully saturated rings. The van der Waals surface area contributed by atoms with Gasteiger partial charge in [0.2, 0.25) is 0 Å². The lowest BCUT2D eigenvalue weighted by Crippen LogP contribution is -2.31. The topological polar surface area (TPSA) is 71.9 Å². The third-order valence-corrected chi connectivity index (χ3v) is 5.86. The number of thiazole rings is 1. The van der Waals surface area contributed by atoms with Crippen LogP contribution in [0.2, 0.25) is 0 Å². The number of rotatable bonds is 4. The largest absolute Gasteiger partial charge is 0.280 e. The Hall–Kier alpha value is -3.71. The zero-order valence-electron chi connectivity index (χ0n) is 16.2. The van der Waals surface area contributed by atoms with Crippen LogP contribution in [0.3, 0.4) is 0 Å². The molecule has 3 heterocycles. The van der Waals surface area contributed by atoms with Crippen molar-refractivity contribution in [2.75, 3.05) is 4.90 Å². The number of aryl methyl sites for hydroxylation is 1. The normalized spacial score (nSPS) is 11.1. The van der Waals surface area contributed by atoms with Crippen molar-refractivity contribution in [3.63, 3.8) is 0 Å². The van der Waals surface area contributed by atoms with E-state index in [-0.39, 0.29) is 11.6 Å². The number of benzene rings is 2. The molecule has 0 N–H and O–H groups in total. The summed E-state index contributed by atoms with van der Waals surface area (Å²) in [5.74, 6) is -0.242. The molecule has 6 nitrogen and oxygen atoms in total. The molecule has 0 atom stereocenters. The van der Waals surface area contributed by atoms with Crippen LogP contribution < -0.4 is 4.90 Å². The minimum absolute atomic E-state index is 0.242. The maximum absolute atomic E-state index is 13.5. The van der Waals surface area contributed by atoms with E-state index in [1.54, 1.807) is 17.3 Å². The van der Waals surface area contributed by atoms with Gasteiger partial charge in [0.1, 0.15) is 5.69 Å². The predicted molar refractivity (Wildman–Crippen MR) is 119 cm³/mol. The van der Waals surface area contributed by atoms with Gasteiger partial charge < -0.3 is 0 Å². The summed E-state index contributed by atoms with van der Waals surface area (Å²) >= 11 is 1.49. The van der Waals surface area contributed by atoms with Gasteiger partial charge in [-0.25, -0.2) is 9.97 Å². The number of hydrogen-bond donors (Lipinski definition) is 0. The molecule has 2 aromatic carbocycles. The van der Waals surface area contributed by atoms with Crippen LogP contribution in [0.25, 0.3) is 21.3 Å². The number of fused-ring (bicyclic) bond motifs is 2. The van der Waals surface area contributed by atoms with E-state index in [1.807, 2.05) is 61.5 Å². The van der Waals surface area contributed by atoms with E-state index in [0.717, 1.165) is 26.9 Å². The Morgan fingerprint density at radius 3 is 2.63 bits per heavy atom. The van der Waals surface area contributed by atoms with Gasteiger partial charge in [-0.2, -0.15) is 0 Å². The summed E-state index contributed by atoms with van der Waals surface area (Å²) in [7, 11) is 0. The first-order chi connectivity index (χ1) is 14.7. The first-order valence-corrected chi connectivity index (χ1v) is 10.3. The van der Waals surface area contributed by atoms with E-state index in [1.165, 1.54) is 17.5 Å². The highest BCUT2D eigenvalue weighted by Crippen LogP contribution is 2.32. The molecule has 0 unspecified atom stereocenters. The van der Waals surface area contributed by atoms with E-state index in [2.05, 4.69) is 15.0 Å². The van der Waals surface area contributed by atoms with Crippen LogP contribution in [0.15, 0.2) is 73.2 Å². The van der Waals surface area contributed by atoms with Gasteiger partial charge in [0, 0.05) is 12.4 Å². The second-order valence-electron chi connectivity index (χ2n) is 6.91. The number of anilines is 1. The summed E-state index contributed by atoms with van der Waals surface area (Å²) in [5.41, 5.74) is 4.62. The second-order valence-corrected chi connectivity index (χ2v) is 7.92. The summed E-state index contributed by atoms with van der Waals surface area (Å²) < 4.78 is 1.04. The predicted octanol–water partition coefficient (Wildman–Crippen LogP) is 4.79. The molecule has 30 heavy (non-hydrogen) atoms. The van der Waals surface area contributed by atoms with Gasteiger partial charge in [0.25, 0.3) is 5.91 Å². The molecule has 0 radical (unpaired) electrons. The molecule has 3 aromatic heterocycles. The van der Waals surface area contributed by atoms with Crippen molar-refractivity contribution >= 4 is 43.6 Å². The molecule has 7 heteroatoms. The van der Waals surface area contributed by atoms with Gasteiger partial charge in [0.15, 0.2) is 5.13 Å². The number of amides is 1. The number of hydrogen-bond acceptors (Lipinski definition) is 6. The smallest absolute Gasteiger partial charge is 0.278 e. The van der Waals surface area contributed by atoms with Gasteiger partial charge in [-0.1, -0.05) is 41.7 Å². The standard InChI is InChI=1S/C23H17N5OS/c1-15-6-4-10-20-21(15)27-23(30-20)28(14-16-7-5-11-24-12-16)22(29)19-13-25-17-8-2-3-9-18(17)26-19/h2-13H,14H2,1H3. The van der Waals surface area contributed by atoms with E-state index < -0.39 is 0 Å². The number of nitrogens with zero attached hydrogens (tertiary/aromatic N) is 5. The molecular weight excluding hydrogens is 394 g/mol. The van der Waals surface area contributed by atoms with Crippen LogP contribution in [-0.2, 0) is 6.54 Å². The molecule has 0 saturated carbocycles. The summed E-state index contributed by atoms with van der Waals surface area (Å²) in [4.78, 5) is 33.1. The number of carbonyl (C=O) groups excluding carboxylic acids is 1. The Labute approximate surface area is 176 Å². The molecule has 0 aliphatic heterocycles. The summed E-state index contributed by atoms with van der Waals surface area (Å²) in [6.07, 6.45) is 5.00. The monoisotopic (exact) mass is 411 g/mol. The number of para-hydroxylation sites is 3. The van der Waals surface area contributed by atoms with Crippen LogP contribution in [-0.4, -0.2) is 25.8 Å². The average Bonchev–Trinajstić information content (AvgIpc) is 3.23. The second kappa shape index (κ2) is 7.61. The van der Waals surface area contributed by atoms with Crippen LogP contribution in [0.1, 0.15) is 21.6 Å². The van der Waals surface area contributed by atoms with Crippen molar-refractivity contribution in [1.82, 2.24) is 19.9 Å². The van der Waals surface area contributed by atoms with Crippen LogP contribution >= 0.6 is 11.3 Å². The van der Waals surface area contributed by atoms with E-state index in [0.29, 0.717) is 17.2 Å². The Balaban J connectivity index is 1.60. The molecule has 0 saturated heterocycles. The van der Waals surface area contributed by atoms with Gasteiger partial charge >= 0.3 is 0 Å². The van der Waals surface area contributed by atoms with Crippen LogP contribution in [0.5, 0.6) is 0 Å². The molecule has 0 bridgehead atoms. The van der Waals surface area contributed by atoms with Gasteiger partial charge in [-0.05, 0) is 42.3 Å². The zero-order valence-corrected chi connectivity index (χ0v) is 17.0.